The van der Waals surface area contributed by atoms with Crippen molar-refractivity contribution in [1.29, 1.82) is 0 Å². The van der Waals surface area contributed by atoms with Gasteiger partial charge in [-0.3, -0.25) is 0 Å². The second-order valence-electron chi connectivity index (χ2n) is 6.30. The minimum absolute atomic E-state index is 0. The molecule has 6 nitrogen and oxygen atoms in total. The first kappa shape index (κ1) is 22.3. The third-order valence-corrected chi connectivity index (χ3v) is 4.49. The second-order valence-corrected chi connectivity index (χ2v) is 6.30. The molecule has 1 aromatic heterocycles. The molecule has 144 valence electrons. The van der Waals surface area contributed by atoms with Gasteiger partial charge in [-0.25, -0.2) is 9.97 Å². The Morgan fingerprint density at radius 1 is 1.23 bits per heavy atom. The standard InChI is InChI=1S/C18H24N4O2.2ClH/c1-2-4-11-6-7-15(23)16(17(11)24)14-9-13(21-18(19)22-14)12-5-3-8-20-10-12;;/h6-7,9,12,20,23-24H,2-5,8,10H2,1H3,(H2,19,21,22);2*1H. The first-order chi connectivity index (χ1) is 11.6. The van der Waals surface area contributed by atoms with E-state index < -0.39 is 0 Å². The topological polar surface area (TPSA) is 104 Å². The molecule has 0 saturated carbocycles. The maximum absolute atomic E-state index is 10.6. The van der Waals surface area contributed by atoms with Crippen molar-refractivity contribution in [1.82, 2.24) is 15.3 Å². The van der Waals surface area contributed by atoms with E-state index in [1.54, 1.807) is 12.1 Å². The van der Waals surface area contributed by atoms with Crippen LogP contribution in [0.25, 0.3) is 11.3 Å². The molecule has 0 amide bonds. The largest absolute Gasteiger partial charge is 0.507 e. The Kier molecular flexibility index (Phi) is 8.40. The maximum Gasteiger partial charge on any atom is 0.220 e. The van der Waals surface area contributed by atoms with Crippen LogP contribution in [0.5, 0.6) is 11.5 Å². The van der Waals surface area contributed by atoms with Gasteiger partial charge in [-0.05, 0) is 43.5 Å². The highest BCUT2D eigenvalue weighted by Gasteiger charge is 2.21. The summed E-state index contributed by atoms with van der Waals surface area (Å²) >= 11 is 0. The van der Waals surface area contributed by atoms with Gasteiger partial charge in [0.2, 0.25) is 5.95 Å². The summed E-state index contributed by atoms with van der Waals surface area (Å²) in [6.07, 6.45) is 3.77. The van der Waals surface area contributed by atoms with Gasteiger partial charge >= 0.3 is 0 Å². The van der Waals surface area contributed by atoms with Gasteiger partial charge in [-0.2, -0.15) is 0 Å². The molecule has 0 radical (unpaired) electrons. The average molecular weight is 401 g/mol. The predicted molar refractivity (Wildman–Crippen MR) is 109 cm³/mol. The van der Waals surface area contributed by atoms with Crippen LogP contribution in [0, 0.1) is 0 Å². The van der Waals surface area contributed by atoms with E-state index in [-0.39, 0.29) is 48.2 Å². The van der Waals surface area contributed by atoms with Gasteiger partial charge in [0.1, 0.15) is 11.5 Å². The smallest absolute Gasteiger partial charge is 0.220 e. The average Bonchev–Trinajstić information content (AvgIpc) is 2.58. The number of nitrogens with one attached hydrogen (secondary N) is 1. The molecule has 1 aliphatic rings. The molecule has 2 aromatic rings. The van der Waals surface area contributed by atoms with Gasteiger partial charge in [0.15, 0.2) is 0 Å². The number of piperidine rings is 1. The van der Waals surface area contributed by atoms with Crippen LogP contribution < -0.4 is 11.1 Å². The number of rotatable bonds is 4. The molecule has 0 spiro atoms. The molecule has 1 unspecified atom stereocenters. The Labute approximate surface area is 166 Å². The number of aromatic nitrogens is 2. The lowest BCUT2D eigenvalue weighted by molar-refractivity contribution is 0.448. The van der Waals surface area contributed by atoms with E-state index in [1.165, 1.54) is 0 Å². The number of nitrogens with two attached hydrogens (primary N) is 1. The summed E-state index contributed by atoms with van der Waals surface area (Å²) in [5.74, 6) is 0.500. The summed E-state index contributed by atoms with van der Waals surface area (Å²) in [6, 6.07) is 5.17. The number of phenols is 2. The molecule has 0 bridgehead atoms. The third kappa shape index (κ3) is 4.69. The summed E-state index contributed by atoms with van der Waals surface area (Å²) in [5.41, 5.74) is 8.34. The van der Waals surface area contributed by atoms with Gasteiger partial charge in [0, 0.05) is 12.5 Å². The van der Waals surface area contributed by atoms with Crippen LogP contribution in [0.15, 0.2) is 18.2 Å². The number of aryl methyl sites for hydroxylation is 1. The zero-order valence-electron chi connectivity index (χ0n) is 14.7. The molecule has 0 aliphatic carbocycles. The molecule has 2 heterocycles. The van der Waals surface area contributed by atoms with E-state index in [2.05, 4.69) is 15.3 Å². The van der Waals surface area contributed by atoms with Crippen molar-refractivity contribution in [3.05, 3.63) is 29.5 Å². The molecule has 1 atom stereocenters. The number of phenolic OH excluding ortho intramolecular Hbond substituents is 2. The number of aromatic hydroxyl groups is 2. The summed E-state index contributed by atoms with van der Waals surface area (Å²) in [6.45, 7) is 3.91. The Bertz CT molecular complexity index is 737. The Morgan fingerprint density at radius 3 is 2.65 bits per heavy atom. The number of nitrogen functional groups attached to an aromatic ring is 1. The van der Waals surface area contributed by atoms with Crippen LogP contribution in [0.2, 0.25) is 0 Å². The molecule has 5 N–H and O–H groups in total. The van der Waals surface area contributed by atoms with Crippen molar-refractivity contribution in [2.24, 2.45) is 0 Å². The minimum atomic E-state index is -0.00169. The van der Waals surface area contributed by atoms with Gasteiger partial charge in [0.05, 0.1) is 17.0 Å². The normalized spacial score (nSPS) is 16.4. The molecular formula is C18H26Cl2N4O2. The zero-order chi connectivity index (χ0) is 17.1. The number of benzene rings is 1. The fraction of sp³-hybridized carbons (Fsp3) is 0.444. The highest BCUT2D eigenvalue weighted by Crippen LogP contribution is 2.40. The van der Waals surface area contributed by atoms with Crippen molar-refractivity contribution in [2.45, 2.75) is 38.5 Å². The van der Waals surface area contributed by atoms with E-state index >= 15 is 0 Å². The van der Waals surface area contributed by atoms with Crippen molar-refractivity contribution in [2.75, 3.05) is 18.8 Å². The second kappa shape index (κ2) is 9.80. The summed E-state index contributed by atoms with van der Waals surface area (Å²) in [7, 11) is 0. The first-order valence-electron chi connectivity index (χ1n) is 8.49. The van der Waals surface area contributed by atoms with E-state index in [4.69, 9.17) is 5.73 Å². The predicted octanol–water partition coefficient (Wildman–Crippen LogP) is 3.40. The van der Waals surface area contributed by atoms with E-state index in [9.17, 15) is 10.2 Å². The molecule has 1 saturated heterocycles. The Morgan fingerprint density at radius 2 is 2.00 bits per heavy atom. The van der Waals surface area contributed by atoms with Crippen LogP contribution in [0.3, 0.4) is 0 Å². The number of nitrogens with zero attached hydrogens (tertiary/aromatic N) is 2. The van der Waals surface area contributed by atoms with Crippen LogP contribution in [-0.2, 0) is 6.42 Å². The first-order valence-corrected chi connectivity index (χ1v) is 8.49. The number of hydrogen-bond acceptors (Lipinski definition) is 6. The van der Waals surface area contributed by atoms with E-state index in [0.717, 1.165) is 50.0 Å². The molecule has 3 rings (SSSR count). The van der Waals surface area contributed by atoms with Crippen LogP contribution in [0.1, 0.15) is 43.4 Å². The van der Waals surface area contributed by atoms with Crippen LogP contribution >= 0.6 is 24.8 Å². The fourth-order valence-electron chi connectivity index (χ4n) is 3.27. The zero-order valence-corrected chi connectivity index (χ0v) is 16.4. The Balaban J connectivity index is 0.00000169. The van der Waals surface area contributed by atoms with Crippen LogP contribution in [0.4, 0.5) is 5.95 Å². The highest BCUT2D eigenvalue weighted by molar-refractivity contribution is 5.85. The molecule has 8 heteroatoms. The minimum Gasteiger partial charge on any atom is -0.507 e. The maximum atomic E-state index is 10.6. The number of hydrogen-bond donors (Lipinski definition) is 4. The third-order valence-electron chi connectivity index (χ3n) is 4.49. The van der Waals surface area contributed by atoms with Crippen molar-refractivity contribution >= 4 is 30.8 Å². The lowest BCUT2D eigenvalue weighted by Gasteiger charge is -2.23. The summed E-state index contributed by atoms with van der Waals surface area (Å²) in [5, 5.41) is 24.2. The van der Waals surface area contributed by atoms with Gasteiger partial charge < -0.3 is 21.3 Å². The molecule has 1 aromatic carbocycles. The lowest BCUT2D eigenvalue weighted by Crippen LogP contribution is -2.29. The van der Waals surface area contributed by atoms with Gasteiger partial charge in [-0.1, -0.05) is 19.4 Å². The van der Waals surface area contributed by atoms with Crippen molar-refractivity contribution in [3.8, 4) is 22.8 Å². The summed E-state index contributed by atoms with van der Waals surface area (Å²) in [4.78, 5) is 8.61. The van der Waals surface area contributed by atoms with Crippen molar-refractivity contribution < 1.29 is 10.2 Å². The molecule has 1 fully saturated rings. The monoisotopic (exact) mass is 400 g/mol. The quantitative estimate of drug-likeness (QED) is 0.626. The SMILES string of the molecule is CCCc1ccc(O)c(-c2cc(C3CCCNC3)nc(N)n2)c1O.Cl.Cl. The van der Waals surface area contributed by atoms with E-state index in [0.29, 0.717) is 11.3 Å². The van der Waals surface area contributed by atoms with Gasteiger partial charge in [-0.15, -0.1) is 24.8 Å². The molecular weight excluding hydrogens is 375 g/mol. The van der Waals surface area contributed by atoms with E-state index in [1.807, 2.05) is 13.0 Å². The number of halogens is 2. The van der Waals surface area contributed by atoms with Crippen LogP contribution in [-0.4, -0.2) is 33.3 Å². The summed E-state index contributed by atoms with van der Waals surface area (Å²) < 4.78 is 0. The Hall–Kier alpha value is -1.76. The molecule has 26 heavy (non-hydrogen) atoms. The van der Waals surface area contributed by atoms with Crippen molar-refractivity contribution in [3.63, 3.8) is 0 Å². The highest BCUT2D eigenvalue weighted by atomic mass is 35.5. The number of anilines is 1. The molecule has 1 aliphatic heterocycles. The lowest BCUT2D eigenvalue weighted by atomic mass is 9.94. The van der Waals surface area contributed by atoms with Gasteiger partial charge in [0.25, 0.3) is 0 Å². The fourth-order valence-corrected chi connectivity index (χ4v) is 3.27.